The first-order valence-corrected chi connectivity index (χ1v) is 11.5. The number of para-hydroxylation sites is 1. The van der Waals surface area contributed by atoms with Crippen LogP contribution in [0.5, 0.6) is 0 Å². The molecule has 0 spiro atoms. The topological polar surface area (TPSA) is 68.1 Å². The van der Waals surface area contributed by atoms with E-state index in [0.29, 0.717) is 16.9 Å². The summed E-state index contributed by atoms with van der Waals surface area (Å²) in [6.45, 7) is 8.05. The number of amides is 1. The second kappa shape index (κ2) is 9.45. The highest BCUT2D eigenvalue weighted by atomic mass is 35.6. The van der Waals surface area contributed by atoms with Gasteiger partial charge in [0.2, 0.25) is 3.79 Å². The molecule has 0 aliphatic carbocycles. The number of carbonyl (C=O) groups is 1. The van der Waals surface area contributed by atoms with Crippen LogP contribution in [0, 0.1) is 6.92 Å². The minimum Gasteiger partial charge on any atom is -0.356 e. The molecule has 0 aliphatic rings. The van der Waals surface area contributed by atoms with Gasteiger partial charge in [-0.25, -0.2) is 4.68 Å². The molecule has 0 unspecified atom stereocenters. The molecule has 0 fully saturated rings. The normalized spacial score (nSPS) is 13.0. The first-order chi connectivity index (χ1) is 15.3. The molecule has 176 valence electrons. The van der Waals surface area contributed by atoms with E-state index in [2.05, 4.69) is 31.4 Å². The summed E-state index contributed by atoms with van der Waals surface area (Å²) in [6, 6.07) is 16.4. The summed E-state index contributed by atoms with van der Waals surface area (Å²) in [4.78, 5) is 26.1. The number of carbonyl (C=O) groups excluding carboxylic acids is 1. The summed E-state index contributed by atoms with van der Waals surface area (Å²) >= 11 is 18.5. The maximum absolute atomic E-state index is 13.2. The van der Waals surface area contributed by atoms with Gasteiger partial charge in [-0.3, -0.25) is 14.3 Å². The van der Waals surface area contributed by atoms with Crippen molar-refractivity contribution < 1.29 is 4.79 Å². The number of hydrogen-bond acceptors (Lipinski definition) is 3. The molecule has 0 aliphatic heterocycles. The van der Waals surface area contributed by atoms with E-state index in [4.69, 9.17) is 34.8 Å². The molecule has 1 heterocycles. The third-order valence-corrected chi connectivity index (χ3v) is 6.11. The smallest absolute Gasteiger partial charge is 0.295 e. The molecule has 6 nitrogen and oxygen atoms in total. The number of benzene rings is 2. The Labute approximate surface area is 208 Å². The quantitative estimate of drug-likeness (QED) is 0.361. The monoisotopic (exact) mass is 508 g/mol. The molecular formula is C24H27Cl3N4O2. The van der Waals surface area contributed by atoms with Crippen LogP contribution in [0.3, 0.4) is 0 Å². The van der Waals surface area contributed by atoms with Gasteiger partial charge in [0.15, 0.2) is 0 Å². The van der Waals surface area contributed by atoms with Gasteiger partial charge in [0.1, 0.15) is 11.9 Å². The Morgan fingerprint density at radius 3 is 2.06 bits per heavy atom. The Bertz CT molecular complexity index is 1190. The van der Waals surface area contributed by atoms with Gasteiger partial charge in [-0.2, -0.15) is 0 Å². The van der Waals surface area contributed by atoms with Crippen molar-refractivity contribution in [1.82, 2.24) is 14.7 Å². The van der Waals surface area contributed by atoms with Crippen LogP contribution in [0.4, 0.5) is 5.69 Å². The van der Waals surface area contributed by atoms with Crippen molar-refractivity contribution in [2.45, 2.75) is 43.1 Å². The molecule has 3 aromatic rings. The molecule has 0 saturated carbocycles. The molecular weight excluding hydrogens is 483 g/mol. The average molecular weight is 510 g/mol. The largest absolute Gasteiger partial charge is 0.356 e. The molecule has 2 aromatic carbocycles. The molecule has 1 amide bonds. The maximum Gasteiger partial charge on any atom is 0.295 e. The fraction of sp³-hybridized carbons (Fsp3) is 0.333. The van der Waals surface area contributed by atoms with Gasteiger partial charge in [-0.05, 0) is 42.2 Å². The lowest BCUT2D eigenvalue weighted by Gasteiger charge is -2.27. The second-order valence-corrected chi connectivity index (χ2v) is 11.2. The first-order valence-electron chi connectivity index (χ1n) is 10.4. The lowest BCUT2D eigenvalue weighted by Crippen LogP contribution is -2.49. The van der Waals surface area contributed by atoms with Crippen LogP contribution < -0.4 is 16.2 Å². The Morgan fingerprint density at radius 1 is 0.970 bits per heavy atom. The zero-order chi connectivity index (χ0) is 24.6. The SMILES string of the molecule is Cc1c(N[C@H](NC(=O)c2ccc(C(C)(C)C)cc2)C(Cl)(Cl)Cl)c(=O)n(-c2ccccc2)n1C. The summed E-state index contributed by atoms with van der Waals surface area (Å²) in [5.41, 5.74) is 2.67. The van der Waals surface area contributed by atoms with E-state index in [9.17, 15) is 9.59 Å². The van der Waals surface area contributed by atoms with Gasteiger partial charge in [-0.1, -0.05) is 85.9 Å². The van der Waals surface area contributed by atoms with Crippen LogP contribution in [0.25, 0.3) is 5.69 Å². The van der Waals surface area contributed by atoms with Crippen LogP contribution in [-0.4, -0.2) is 25.2 Å². The average Bonchev–Trinajstić information content (AvgIpc) is 2.95. The van der Waals surface area contributed by atoms with Crippen molar-refractivity contribution in [2.75, 3.05) is 5.32 Å². The fourth-order valence-electron chi connectivity index (χ4n) is 3.41. The van der Waals surface area contributed by atoms with Gasteiger partial charge in [0.05, 0.1) is 11.4 Å². The van der Waals surface area contributed by atoms with Crippen molar-refractivity contribution in [3.8, 4) is 5.69 Å². The first kappa shape index (κ1) is 25.2. The number of alkyl halides is 3. The minimum atomic E-state index is -1.92. The number of rotatable bonds is 5. The van der Waals surface area contributed by atoms with Crippen LogP contribution in [-0.2, 0) is 12.5 Å². The van der Waals surface area contributed by atoms with Gasteiger partial charge in [0, 0.05) is 12.6 Å². The molecule has 0 radical (unpaired) electrons. The Balaban J connectivity index is 1.90. The standard InChI is InChI=1S/C24H27Cl3N4O2/c1-15-19(21(33)31(30(15)5)18-9-7-6-8-10-18)28-22(24(25,26)27)29-20(32)16-11-13-17(14-12-16)23(2,3)4/h6-14,22,28H,1-5H3,(H,29,32)/t22-/m1/s1. The van der Waals surface area contributed by atoms with Crippen LogP contribution in [0.2, 0.25) is 0 Å². The van der Waals surface area contributed by atoms with Crippen LogP contribution in [0.1, 0.15) is 42.4 Å². The summed E-state index contributed by atoms with van der Waals surface area (Å²) in [5, 5.41) is 5.64. The summed E-state index contributed by atoms with van der Waals surface area (Å²) in [5.74, 6) is -0.434. The zero-order valence-corrected chi connectivity index (χ0v) is 21.4. The number of nitrogens with zero attached hydrogens (tertiary/aromatic N) is 2. The molecule has 0 bridgehead atoms. The van der Waals surface area contributed by atoms with Gasteiger partial charge < -0.3 is 10.6 Å². The van der Waals surface area contributed by atoms with E-state index < -0.39 is 15.9 Å². The Kier molecular flexibility index (Phi) is 7.22. The van der Waals surface area contributed by atoms with Gasteiger partial charge in [-0.15, -0.1) is 0 Å². The van der Waals surface area contributed by atoms with Crippen molar-refractivity contribution in [2.24, 2.45) is 7.05 Å². The van der Waals surface area contributed by atoms with Crippen molar-refractivity contribution >= 4 is 46.4 Å². The third-order valence-electron chi connectivity index (χ3n) is 5.46. The molecule has 3 rings (SSSR count). The highest BCUT2D eigenvalue weighted by Crippen LogP contribution is 2.31. The van der Waals surface area contributed by atoms with E-state index in [1.54, 1.807) is 30.8 Å². The summed E-state index contributed by atoms with van der Waals surface area (Å²) < 4.78 is 1.27. The van der Waals surface area contributed by atoms with E-state index in [1.807, 2.05) is 42.5 Å². The van der Waals surface area contributed by atoms with E-state index in [0.717, 1.165) is 5.56 Å². The highest BCUT2D eigenvalue weighted by Gasteiger charge is 2.36. The number of hydrogen-bond donors (Lipinski definition) is 2. The number of halogens is 3. The summed E-state index contributed by atoms with van der Waals surface area (Å²) in [6.07, 6.45) is -1.16. The summed E-state index contributed by atoms with van der Waals surface area (Å²) in [7, 11) is 1.76. The van der Waals surface area contributed by atoms with E-state index in [-0.39, 0.29) is 16.7 Å². The molecule has 1 aromatic heterocycles. The van der Waals surface area contributed by atoms with E-state index >= 15 is 0 Å². The number of aromatic nitrogens is 2. The number of nitrogens with one attached hydrogen (secondary N) is 2. The lowest BCUT2D eigenvalue weighted by molar-refractivity contribution is 0.0941. The molecule has 0 saturated heterocycles. The van der Waals surface area contributed by atoms with Crippen molar-refractivity contribution in [3.05, 3.63) is 81.8 Å². The molecule has 33 heavy (non-hydrogen) atoms. The highest BCUT2D eigenvalue weighted by molar-refractivity contribution is 6.68. The predicted octanol–water partition coefficient (Wildman–Crippen LogP) is 5.32. The fourth-order valence-corrected chi connectivity index (χ4v) is 3.74. The van der Waals surface area contributed by atoms with E-state index in [1.165, 1.54) is 4.68 Å². The van der Waals surface area contributed by atoms with Crippen LogP contribution in [0.15, 0.2) is 59.4 Å². The second-order valence-electron chi connectivity index (χ2n) is 8.86. The van der Waals surface area contributed by atoms with Gasteiger partial charge in [0.25, 0.3) is 11.5 Å². The van der Waals surface area contributed by atoms with Crippen molar-refractivity contribution in [3.63, 3.8) is 0 Å². The maximum atomic E-state index is 13.2. The van der Waals surface area contributed by atoms with Crippen molar-refractivity contribution in [1.29, 1.82) is 0 Å². The molecule has 2 N–H and O–H groups in total. The minimum absolute atomic E-state index is 0.0415. The molecule has 9 heteroatoms. The zero-order valence-electron chi connectivity index (χ0n) is 19.1. The Morgan fingerprint density at radius 2 is 1.55 bits per heavy atom. The number of anilines is 1. The van der Waals surface area contributed by atoms with Crippen LogP contribution >= 0.6 is 34.8 Å². The molecule has 1 atom stereocenters. The lowest BCUT2D eigenvalue weighted by atomic mass is 9.87. The van der Waals surface area contributed by atoms with Gasteiger partial charge >= 0.3 is 0 Å². The Hall–Kier alpha value is -2.41. The third kappa shape index (κ3) is 5.57. The predicted molar refractivity (Wildman–Crippen MR) is 136 cm³/mol.